The summed E-state index contributed by atoms with van der Waals surface area (Å²) < 4.78 is 19.2. The minimum atomic E-state index is -0.357. The third-order valence-corrected chi connectivity index (χ3v) is 5.03. The SMILES string of the molecule is COc1ccc(NC(C)=O)cc1NC(=O)C=Cc1ccc(-c2ccccc2F)s1. The van der Waals surface area contributed by atoms with Crippen molar-refractivity contribution in [2.24, 2.45) is 0 Å². The molecule has 3 aromatic rings. The molecule has 0 saturated heterocycles. The zero-order valence-electron chi connectivity index (χ0n) is 15.9. The van der Waals surface area contributed by atoms with Crippen molar-refractivity contribution in [2.75, 3.05) is 17.7 Å². The van der Waals surface area contributed by atoms with E-state index in [1.807, 2.05) is 12.1 Å². The van der Waals surface area contributed by atoms with Crippen LogP contribution in [-0.4, -0.2) is 18.9 Å². The van der Waals surface area contributed by atoms with Gasteiger partial charge in [-0.3, -0.25) is 9.59 Å². The molecule has 5 nitrogen and oxygen atoms in total. The Morgan fingerprint density at radius 2 is 1.86 bits per heavy atom. The lowest BCUT2D eigenvalue weighted by molar-refractivity contribution is -0.114. The average Bonchev–Trinajstić information content (AvgIpc) is 3.15. The van der Waals surface area contributed by atoms with Gasteiger partial charge in [-0.25, -0.2) is 4.39 Å². The van der Waals surface area contributed by atoms with Gasteiger partial charge in [-0.2, -0.15) is 0 Å². The molecule has 0 fully saturated rings. The first-order valence-electron chi connectivity index (χ1n) is 8.75. The molecule has 3 rings (SSSR count). The van der Waals surface area contributed by atoms with Gasteiger partial charge in [0.15, 0.2) is 0 Å². The highest BCUT2D eigenvalue weighted by Crippen LogP contribution is 2.31. The van der Waals surface area contributed by atoms with Crippen LogP contribution in [0.1, 0.15) is 11.8 Å². The van der Waals surface area contributed by atoms with Gasteiger partial charge in [-0.15, -0.1) is 11.3 Å². The molecule has 0 bridgehead atoms. The van der Waals surface area contributed by atoms with Crippen LogP contribution in [0.2, 0.25) is 0 Å². The zero-order valence-corrected chi connectivity index (χ0v) is 16.7. The smallest absolute Gasteiger partial charge is 0.248 e. The minimum Gasteiger partial charge on any atom is -0.495 e. The number of benzene rings is 2. The second-order valence-electron chi connectivity index (χ2n) is 6.10. The Balaban J connectivity index is 1.72. The Hall–Kier alpha value is -3.45. The Labute approximate surface area is 171 Å². The van der Waals surface area contributed by atoms with Crippen LogP contribution in [0.25, 0.3) is 16.5 Å². The fraction of sp³-hybridized carbons (Fsp3) is 0.0909. The quantitative estimate of drug-likeness (QED) is 0.551. The maximum absolute atomic E-state index is 13.9. The first kappa shape index (κ1) is 20.3. The molecule has 148 valence electrons. The van der Waals surface area contributed by atoms with Crippen LogP contribution in [0.5, 0.6) is 5.75 Å². The van der Waals surface area contributed by atoms with E-state index in [1.54, 1.807) is 42.5 Å². The highest BCUT2D eigenvalue weighted by atomic mass is 32.1. The highest BCUT2D eigenvalue weighted by Gasteiger charge is 2.09. The zero-order chi connectivity index (χ0) is 20.8. The Kier molecular flexibility index (Phi) is 6.41. The number of carbonyl (C=O) groups is 2. The van der Waals surface area contributed by atoms with Gasteiger partial charge in [0.1, 0.15) is 11.6 Å². The van der Waals surface area contributed by atoms with Crippen LogP contribution in [0, 0.1) is 5.82 Å². The molecule has 2 aromatic carbocycles. The number of halogens is 1. The van der Waals surface area contributed by atoms with E-state index in [0.717, 1.165) is 9.75 Å². The molecule has 7 heteroatoms. The van der Waals surface area contributed by atoms with Crippen molar-refractivity contribution >= 4 is 40.6 Å². The van der Waals surface area contributed by atoms with Crippen LogP contribution in [-0.2, 0) is 9.59 Å². The van der Waals surface area contributed by atoms with Crippen molar-refractivity contribution in [3.63, 3.8) is 0 Å². The summed E-state index contributed by atoms with van der Waals surface area (Å²) in [5.74, 6) is -0.382. The summed E-state index contributed by atoms with van der Waals surface area (Å²) in [5, 5.41) is 5.39. The average molecular weight is 410 g/mol. The molecule has 1 aromatic heterocycles. The monoisotopic (exact) mass is 410 g/mol. The Bertz CT molecular complexity index is 1080. The normalized spacial score (nSPS) is 10.7. The number of hydrogen-bond donors (Lipinski definition) is 2. The van der Waals surface area contributed by atoms with E-state index in [1.165, 1.54) is 37.5 Å². The number of ether oxygens (including phenoxy) is 1. The molecule has 1 heterocycles. The fourth-order valence-corrected chi connectivity index (χ4v) is 3.60. The Morgan fingerprint density at radius 3 is 2.59 bits per heavy atom. The second kappa shape index (κ2) is 9.16. The van der Waals surface area contributed by atoms with Gasteiger partial charge >= 0.3 is 0 Å². The second-order valence-corrected chi connectivity index (χ2v) is 7.22. The molecule has 0 saturated carbocycles. The van der Waals surface area contributed by atoms with Gasteiger partial charge in [-0.1, -0.05) is 18.2 Å². The molecule has 0 spiro atoms. The summed E-state index contributed by atoms with van der Waals surface area (Å²) in [6, 6.07) is 15.2. The molecule has 2 amide bonds. The summed E-state index contributed by atoms with van der Waals surface area (Å²) in [7, 11) is 1.49. The predicted molar refractivity (Wildman–Crippen MR) is 115 cm³/mol. The van der Waals surface area contributed by atoms with Gasteiger partial charge in [0.2, 0.25) is 11.8 Å². The number of amides is 2. The van der Waals surface area contributed by atoms with E-state index in [9.17, 15) is 14.0 Å². The largest absolute Gasteiger partial charge is 0.495 e. The van der Waals surface area contributed by atoms with Gasteiger partial charge < -0.3 is 15.4 Å². The number of hydrogen-bond acceptors (Lipinski definition) is 4. The number of thiophene rings is 1. The number of anilines is 2. The van der Waals surface area contributed by atoms with E-state index in [4.69, 9.17) is 4.74 Å². The molecule has 0 unspecified atom stereocenters. The van der Waals surface area contributed by atoms with Gasteiger partial charge in [0.25, 0.3) is 0 Å². The molecular weight excluding hydrogens is 391 g/mol. The summed E-state index contributed by atoms with van der Waals surface area (Å²) in [6.07, 6.45) is 3.05. The first-order chi connectivity index (χ1) is 14.0. The van der Waals surface area contributed by atoms with Crippen LogP contribution in [0.15, 0.2) is 60.7 Å². The Morgan fingerprint density at radius 1 is 1.07 bits per heavy atom. The summed E-state index contributed by atoms with van der Waals surface area (Å²) in [6.45, 7) is 1.40. The lowest BCUT2D eigenvalue weighted by Crippen LogP contribution is -2.10. The van der Waals surface area contributed by atoms with Crippen LogP contribution < -0.4 is 15.4 Å². The topological polar surface area (TPSA) is 67.4 Å². The van der Waals surface area contributed by atoms with Gasteiger partial charge in [0, 0.05) is 34.0 Å². The van der Waals surface area contributed by atoms with E-state index in [-0.39, 0.29) is 17.6 Å². The van der Waals surface area contributed by atoms with E-state index < -0.39 is 0 Å². The number of rotatable bonds is 6. The third-order valence-electron chi connectivity index (χ3n) is 3.94. The standard InChI is InChI=1S/C22H19FN2O3S/c1-14(26)24-15-7-10-20(28-2)19(13-15)25-22(27)12-9-16-8-11-21(29-16)17-5-3-4-6-18(17)23/h3-13H,1-2H3,(H,24,26)(H,25,27). The summed E-state index contributed by atoms with van der Waals surface area (Å²) >= 11 is 1.39. The molecule has 2 N–H and O–H groups in total. The third kappa shape index (κ3) is 5.30. The fourth-order valence-electron chi connectivity index (χ4n) is 2.67. The first-order valence-corrected chi connectivity index (χ1v) is 9.57. The molecule has 0 atom stereocenters. The van der Waals surface area contributed by atoms with Gasteiger partial charge in [-0.05, 0) is 42.5 Å². The lowest BCUT2D eigenvalue weighted by Gasteiger charge is -2.11. The van der Waals surface area contributed by atoms with Gasteiger partial charge in [0.05, 0.1) is 12.8 Å². The van der Waals surface area contributed by atoms with Crippen molar-refractivity contribution < 1.29 is 18.7 Å². The maximum atomic E-state index is 13.9. The lowest BCUT2D eigenvalue weighted by atomic mass is 10.2. The molecule has 0 radical (unpaired) electrons. The van der Waals surface area contributed by atoms with E-state index >= 15 is 0 Å². The molecule has 29 heavy (non-hydrogen) atoms. The van der Waals surface area contributed by atoms with E-state index in [0.29, 0.717) is 22.7 Å². The predicted octanol–water partition coefficient (Wildman–Crippen LogP) is 5.17. The molecular formula is C22H19FN2O3S. The van der Waals surface area contributed by atoms with Crippen molar-refractivity contribution in [1.29, 1.82) is 0 Å². The molecule has 0 aliphatic rings. The molecule has 0 aliphatic heterocycles. The highest BCUT2D eigenvalue weighted by molar-refractivity contribution is 7.16. The maximum Gasteiger partial charge on any atom is 0.248 e. The van der Waals surface area contributed by atoms with Crippen molar-refractivity contribution in [2.45, 2.75) is 6.92 Å². The van der Waals surface area contributed by atoms with Crippen LogP contribution in [0.3, 0.4) is 0 Å². The van der Waals surface area contributed by atoms with Crippen LogP contribution >= 0.6 is 11.3 Å². The van der Waals surface area contributed by atoms with Crippen LogP contribution in [0.4, 0.5) is 15.8 Å². The van der Waals surface area contributed by atoms with Crippen molar-refractivity contribution in [3.05, 3.63) is 71.4 Å². The molecule has 0 aliphatic carbocycles. The summed E-state index contributed by atoms with van der Waals surface area (Å²) in [5.41, 5.74) is 1.51. The van der Waals surface area contributed by atoms with Crippen molar-refractivity contribution in [1.82, 2.24) is 0 Å². The number of carbonyl (C=O) groups excluding carboxylic acids is 2. The van der Waals surface area contributed by atoms with E-state index in [2.05, 4.69) is 10.6 Å². The summed E-state index contributed by atoms with van der Waals surface area (Å²) in [4.78, 5) is 25.1. The number of methoxy groups -OCH3 is 1. The minimum absolute atomic E-state index is 0.212. The van der Waals surface area contributed by atoms with Crippen molar-refractivity contribution in [3.8, 4) is 16.2 Å². The number of nitrogens with one attached hydrogen (secondary N) is 2.